The minimum Gasteiger partial charge on any atom is -0.326 e. The van der Waals surface area contributed by atoms with Crippen molar-refractivity contribution in [2.24, 2.45) is 5.73 Å². The number of benzene rings is 1. The van der Waals surface area contributed by atoms with Crippen LogP contribution in [0, 0.1) is 13.8 Å². The number of hydrogen-bond donors (Lipinski definition) is 1. The van der Waals surface area contributed by atoms with Crippen LogP contribution in [0.3, 0.4) is 0 Å². The van der Waals surface area contributed by atoms with Crippen molar-refractivity contribution in [2.45, 2.75) is 20.4 Å². The van der Waals surface area contributed by atoms with E-state index in [1.165, 1.54) is 0 Å². The molecular formula is C14H16N2O. The summed E-state index contributed by atoms with van der Waals surface area (Å²) in [7, 11) is 0. The fraction of sp³-hybridized carbons (Fsp3) is 0.214. The number of rotatable bonds is 2. The van der Waals surface area contributed by atoms with Crippen LogP contribution in [0.5, 0.6) is 0 Å². The molecule has 1 heterocycles. The first-order chi connectivity index (χ1) is 8.13. The Labute approximate surface area is 101 Å². The third-order valence-electron chi connectivity index (χ3n) is 2.86. The first-order valence-electron chi connectivity index (χ1n) is 5.62. The summed E-state index contributed by atoms with van der Waals surface area (Å²) in [6, 6.07) is 11.3. The maximum Gasteiger partial charge on any atom is 0.182 e. The standard InChI is InChI=1S/C14H16N2O/c1-10-7-13(17)8-11(2)16(10)14-6-4-3-5-12(14)9-15/h3-8H,9,15H2,1-2H3. The lowest BCUT2D eigenvalue weighted by Gasteiger charge is -2.17. The summed E-state index contributed by atoms with van der Waals surface area (Å²) in [6.45, 7) is 4.35. The van der Waals surface area contributed by atoms with Gasteiger partial charge in [0, 0.05) is 35.8 Å². The zero-order valence-corrected chi connectivity index (χ0v) is 10.1. The van der Waals surface area contributed by atoms with Crippen LogP contribution in [0.1, 0.15) is 17.0 Å². The van der Waals surface area contributed by atoms with Crippen molar-refractivity contribution in [2.75, 3.05) is 0 Å². The number of para-hydroxylation sites is 1. The highest BCUT2D eigenvalue weighted by molar-refractivity contribution is 5.44. The predicted molar refractivity (Wildman–Crippen MR) is 69.4 cm³/mol. The molecule has 2 aromatic rings. The molecule has 0 amide bonds. The van der Waals surface area contributed by atoms with Gasteiger partial charge in [0.1, 0.15) is 0 Å². The largest absolute Gasteiger partial charge is 0.326 e. The first kappa shape index (κ1) is 11.6. The van der Waals surface area contributed by atoms with Crippen LogP contribution in [-0.4, -0.2) is 4.57 Å². The predicted octanol–water partition coefficient (Wildman–Crippen LogP) is 1.91. The van der Waals surface area contributed by atoms with Gasteiger partial charge in [-0.15, -0.1) is 0 Å². The fourth-order valence-electron chi connectivity index (χ4n) is 2.14. The zero-order valence-electron chi connectivity index (χ0n) is 10.1. The van der Waals surface area contributed by atoms with Crippen molar-refractivity contribution in [1.29, 1.82) is 0 Å². The lowest BCUT2D eigenvalue weighted by molar-refractivity contribution is 0.896. The van der Waals surface area contributed by atoms with Crippen molar-refractivity contribution >= 4 is 0 Å². The van der Waals surface area contributed by atoms with E-state index in [1.807, 2.05) is 38.1 Å². The van der Waals surface area contributed by atoms with Gasteiger partial charge in [0.25, 0.3) is 0 Å². The summed E-state index contributed by atoms with van der Waals surface area (Å²) in [5.41, 5.74) is 9.76. The van der Waals surface area contributed by atoms with Crippen LogP contribution in [-0.2, 0) is 6.54 Å². The SMILES string of the molecule is Cc1cc(=O)cc(C)n1-c1ccccc1CN. The number of nitrogens with two attached hydrogens (primary N) is 1. The molecule has 0 saturated heterocycles. The molecule has 0 bridgehead atoms. The van der Waals surface area contributed by atoms with E-state index in [0.29, 0.717) is 6.54 Å². The number of aryl methyl sites for hydroxylation is 2. The van der Waals surface area contributed by atoms with Crippen LogP contribution in [0.25, 0.3) is 5.69 Å². The summed E-state index contributed by atoms with van der Waals surface area (Å²) in [5.74, 6) is 0. The van der Waals surface area contributed by atoms with Crippen molar-refractivity contribution < 1.29 is 0 Å². The molecule has 0 aliphatic heterocycles. The highest BCUT2D eigenvalue weighted by atomic mass is 16.1. The van der Waals surface area contributed by atoms with Crippen LogP contribution < -0.4 is 11.2 Å². The summed E-state index contributed by atoms with van der Waals surface area (Å²) in [4.78, 5) is 11.4. The Morgan fingerprint density at radius 1 is 1.12 bits per heavy atom. The molecule has 2 rings (SSSR count). The second-order valence-corrected chi connectivity index (χ2v) is 4.14. The van der Waals surface area contributed by atoms with Gasteiger partial charge in [0.2, 0.25) is 0 Å². The molecule has 2 N–H and O–H groups in total. The van der Waals surface area contributed by atoms with E-state index in [4.69, 9.17) is 5.73 Å². The maximum absolute atomic E-state index is 11.4. The van der Waals surface area contributed by atoms with E-state index in [9.17, 15) is 4.79 Å². The molecule has 0 aliphatic rings. The summed E-state index contributed by atoms with van der Waals surface area (Å²) in [6.07, 6.45) is 0. The number of hydrogen-bond acceptors (Lipinski definition) is 2. The molecule has 1 aromatic heterocycles. The van der Waals surface area contributed by atoms with Crippen LogP contribution in [0.2, 0.25) is 0 Å². The number of aromatic nitrogens is 1. The van der Waals surface area contributed by atoms with E-state index in [-0.39, 0.29) is 5.43 Å². The Hall–Kier alpha value is -1.87. The van der Waals surface area contributed by atoms with Gasteiger partial charge < -0.3 is 10.3 Å². The zero-order chi connectivity index (χ0) is 12.4. The molecular weight excluding hydrogens is 212 g/mol. The molecule has 0 saturated carbocycles. The molecule has 3 nitrogen and oxygen atoms in total. The Kier molecular flexibility index (Phi) is 3.11. The Morgan fingerprint density at radius 3 is 2.29 bits per heavy atom. The van der Waals surface area contributed by atoms with Gasteiger partial charge in [-0.1, -0.05) is 18.2 Å². The first-order valence-corrected chi connectivity index (χ1v) is 5.62. The molecule has 0 spiro atoms. The Bertz CT molecular complexity index is 573. The highest BCUT2D eigenvalue weighted by Gasteiger charge is 2.07. The van der Waals surface area contributed by atoms with Gasteiger partial charge in [0.15, 0.2) is 5.43 Å². The van der Waals surface area contributed by atoms with E-state index >= 15 is 0 Å². The molecule has 0 unspecified atom stereocenters. The summed E-state index contributed by atoms with van der Waals surface area (Å²) >= 11 is 0. The molecule has 17 heavy (non-hydrogen) atoms. The van der Waals surface area contributed by atoms with Gasteiger partial charge in [-0.25, -0.2) is 0 Å². The minimum atomic E-state index is 0.0430. The van der Waals surface area contributed by atoms with Crippen LogP contribution in [0.4, 0.5) is 0 Å². The van der Waals surface area contributed by atoms with Gasteiger partial charge in [0.05, 0.1) is 0 Å². The fourth-order valence-corrected chi connectivity index (χ4v) is 2.14. The normalized spacial score (nSPS) is 10.5. The lowest BCUT2D eigenvalue weighted by Crippen LogP contribution is -2.13. The topological polar surface area (TPSA) is 48.0 Å². The monoisotopic (exact) mass is 228 g/mol. The average molecular weight is 228 g/mol. The molecule has 0 atom stereocenters. The molecule has 0 radical (unpaired) electrons. The lowest BCUT2D eigenvalue weighted by atomic mass is 10.1. The van der Waals surface area contributed by atoms with Crippen molar-refractivity contribution in [1.82, 2.24) is 4.57 Å². The van der Waals surface area contributed by atoms with E-state index in [0.717, 1.165) is 22.6 Å². The highest BCUT2D eigenvalue weighted by Crippen LogP contribution is 2.17. The third kappa shape index (κ3) is 2.15. The van der Waals surface area contributed by atoms with Crippen molar-refractivity contribution in [3.63, 3.8) is 0 Å². The molecule has 0 aliphatic carbocycles. The second kappa shape index (κ2) is 4.55. The molecule has 88 valence electrons. The van der Waals surface area contributed by atoms with E-state index in [1.54, 1.807) is 12.1 Å². The minimum absolute atomic E-state index is 0.0430. The van der Waals surface area contributed by atoms with E-state index in [2.05, 4.69) is 4.57 Å². The van der Waals surface area contributed by atoms with Gasteiger partial charge in [-0.2, -0.15) is 0 Å². The Balaban J connectivity index is 2.72. The Morgan fingerprint density at radius 2 is 1.71 bits per heavy atom. The number of nitrogens with zero attached hydrogens (tertiary/aromatic N) is 1. The van der Waals surface area contributed by atoms with Gasteiger partial charge in [-0.05, 0) is 25.5 Å². The number of pyridine rings is 1. The quantitative estimate of drug-likeness (QED) is 0.853. The van der Waals surface area contributed by atoms with Crippen molar-refractivity contribution in [3.05, 3.63) is 63.6 Å². The molecule has 1 aromatic carbocycles. The third-order valence-corrected chi connectivity index (χ3v) is 2.86. The second-order valence-electron chi connectivity index (χ2n) is 4.14. The van der Waals surface area contributed by atoms with E-state index < -0.39 is 0 Å². The summed E-state index contributed by atoms with van der Waals surface area (Å²) in [5, 5.41) is 0. The smallest absolute Gasteiger partial charge is 0.182 e. The van der Waals surface area contributed by atoms with Gasteiger partial charge in [-0.3, -0.25) is 4.79 Å². The summed E-state index contributed by atoms with van der Waals surface area (Å²) < 4.78 is 2.06. The molecule has 3 heteroatoms. The van der Waals surface area contributed by atoms with Gasteiger partial charge >= 0.3 is 0 Å². The maximum atomic E-state index is 11.4. The van der Waals surface area contributed by atoms with Crippen LogP contribution in [0.15, 0.2) is 41.2 Å². The van der Waals surface area contributed by atoms with Crippen molar-refractivity contribution in [3.8, 4) is 5.69 Å². The van der Waals surface area contributed by atoms with Crippen LogP contribution >= 0.6 is 0 Å². The molecule has 0 fully saturated rings. The average Bonchev–Trinajstić information content (AvgIpc) is 2.28.